The third-order valence-electron chi connectivity index (χ3n) is 4.41. The van der Waals surface area contributed by atoms with Gasteiger partial charge in [0.05, 0.1) is 12.2 Å². The Morgan fingerprint density at radius 3 is 1.68 bits per heavy atom. The lowest BCUT2D eigenvalue weighted by molar-refractivity contribution is -0.142. The van der Waals surface area contributed by atoms with E-state index in [4.69, 9.17) is 10.8 Å². The van der Waals surface area contributed by atoms with E-state index in [0.29, 0.717) is 6.42 Å². The molecule has 0 aliphatic rings. The van der Waals surface area contributed by atoms with Gasteiger partial charge in [-0.2, -0.15) is 0 Å². The summed E-state index contributed by atoms with van der Waals surface area (Å²) in [5.41, 5.74) is 5.58. The molecule has 0 bridgehead atoms. The predicted octanol–water partition coefficient (Wildman–Crippen LogP) is -2.32. The van der Waals surface area contributed by atoms with Crippen molar-refractivity contribution in [2.75, 3.05) is 0 Å². The van der Waals surface area contributed by atoms with Crippen LogP contribution in [0.5, 0.6) is 0 Å². The number of aliphatic hydroxyl groups is 2. The Morgan fingerprint density at radius 2 is 1.29 bits per heavy atom. The Morgan fingerprint density at radius 1 is 0.821 bits per heavy atom. The Balaban J connectivity index is 5.36. The lowest BCUT2D eigenvalue weighted by Crippen LogP contribution is -2.61. The summed E-state index contributed by atoms with van der Waals surface area (Å²) in [4.78, 5) is 47.9. The molecule has 0 heterocycles. The highest BCUT2D eigenvalue weighted by Gasteiger charge is 2.34. The van der Waals surface area contributed by atoms with Gasteiger partial charge >= 0.3 is 5.97 Å². The molecular formula is C17H32N4O7. The van der Waals surface area contributed by atoms with Gasteiger partial charge < -0.3 is 37.0 Å². The van der Waals surface area contributed by atoms with Gasteiger partial charge in [0.15, 0.2) is 0 Å². The van der Waals surface area contributed by atoms with E-state index in [1.54, 1.807) is 13.8 Å². The van der Waals surface area contributed by atoms with Gasteiger partial charge in [-0.05, 0) is 26.7 Å². The number of carbonyl (C=O) groups excluding carboxylic acids is 3. The van der Waals surface area contributed by atoms with Crippen molar-refractivity contribution in [1.29, 1.82) is 0 Å². The number of nitrogens with one attached hydrogen (secondary N) is 3. The highest BCUT2D eigenvalue weighted by molar-refractivity contribution is 5.94. The van der Waals surface area contributed by atoms with E-state index in [1.165, 1.54) is 20.8 Å². The van der Waals surface area contributed by atoms with Gasteiger partial charge in [-0.3, -0.25) is 19.2 Å². The molecule has 7 unspecified atom stereocenters. The second-order valence-corrected chi connectivity index (χ2v) is 6.93. The van der Waals surface area contributed by atoms with E-state index in [-0.39, 0.29) is 5.92 Å². The zero-order valence-electron chi connectivity index (χ0n) is 16.8. The number of carboxylic acid groups (broad SMARTS) is 1. The molecule has 0 aliphatic heterocycles. The fourth-order valence-electron chi connectivity index (χ4n) is 2.18. The van der Waals surface area contributed by atoms with Crippen LogP contribution in [0.15, 0.2) is 0 Å². The number of nitrogens with two attached hydrogens (primary N) is 1. The summed E-state index contributed by atoms with van der Waals surface area (Å²) in [6, 6.07) is -4.97. The first-order valence-corrected chi connectivity index (χ1v) is 9.09. The highest BCUT2D eigenvalue weighted by Crippen LogP contribution is 2.10. The maximum Gasteiger partial charge on any atom is 0.325 e. The van der Waals surface area contributed by atoms with Crippen LogP contribution in [0.3, 0.4) is 0 Å². The molecule has 0 aromatic carbocycles. The van der Waals surface area contributed by atoms with Crippen molar-refractivity contribution in [3.63, 3.8) is 0 Å². The van der Waals surface area contributed by atoms with Crippen molar-refractivity contribution in [2.45, 2.75) is 77.4 Å². The van der Waals surface area contributed by atoms with Crippen molar-refractivity contribution in [3.05, 3.63) is 0 Å². The van der Waals surface area contributed by atoms with Crippen molar-refractivity contribution >= 4 is 23.7 Å². The molecule has 28 heavy (non-hydrogen) atoms. The van der Waals surface area contributed by atoms with Crippen molar-refractivity contribution < 1.29 is 34.5 Å². The van der Waals surface area contributed by atoms with Crippen LogP contribution in [0.1, 0.15) is 41.0 Å². The van der Waals surface area contributed by atoms with E-state index < -0.39 is 60.1 Å². The molecule has 0 spiro atoms. The molecule has 11 heteroatoms. The van der Waals surface area contributed by atoms with E-state index in [2.05, 4.69) is 16.0 Å². The van der Waals surface area contributed by atoms with Gasteiger partial charge in [0.2, 0.25) is 17.7 Å². The first-order valence-electron chi connectivity index (χ1n) is 9.09. The molecule has 0 fully saturated rings. The monoisotopic (exact) mass is 404 g/mol. The minimum atomic E-state index is -1.43. The van der Waals surface area contributed by atoms with Gasteiger partial charge in [0.1, 0.15) is 24.2 Å². The number of aliphatic hydroxyl groups excluding tert-OH is 2. The SMILES string of the molecule is CCC(C)C(NC(=O)C(N)C(C)O)C(=O)NC(C(=O)NC(C)C(=O)O)C(C)O. The number of hydrogen-bond acceptors (Lipinski definition) is 7. The molecule has 0 rings (SSSR count). The summed E-state index contributed by atoms with van der Waals surface area (Å²) in [6.45, 7) is 7.32. The number of aliphatic carboxylic acids is 1. The molecule has 162 valence electrons. The van der Waals surface area contributed by atoms with Crippen molar-refractivity contribution in [3.8, 4) is 0 Å². The molecule has 0 aromatic heterocycles. The third-order valence-corrected chi connectivity index (χ3v) is 4.41. The van der Waals surface area contributed by atoms with E-state index in [9.17, 15) is 29.4 Å². The lowest BCUT2D eigenvalue weighted by atomic mass is 9.97. The summed E-state index contributed by atoms with van der Waals surface area (Å²) >= 11 is 0. The number of rotatable bonds is 11. The maximum absolute atomic E-state index is 12.7. The average Bonchev–Trinajstić information content (AvgIpc) is 2.61. The summed E-state index contributed by atoms with van der Waals surface area (Å²) < 4.78 is 0. The highest BCUT2D eigenvalue weighted by atomic mass is 16.4. The molecular weight excluding hydrogens is 372 g/mol. The van der Waals surface area contributed by atoms with Crippen molar-refractivity contribution in [2.24, 2.45) is 11.7 Å². The molecule has 0 radical (unpaired) electrons. The average molecular weight is 404 g/mol. The zero-order chi connectivity index (χ0) is 22.2. The summed E-state index contributed by atoms with van der Waals surface area (Å²) in [5.74, 6) is -3.99. The standard InChI is InChI=1S/C17H32N4O7/c1-6-7(2)12(20-14(24)11(18)9(4)22)15(25)21-13(10(5)23)16(26)19-8(3)17(27)28/h7-13,22-23H,6,18H2,1-5H3,(H,19,26)(H,20,24)(H,21,25)(H,27,28). The Labute approximate surface area is 164 Å². The molecule has 0 aliphatic carbocycles. The molecule has 3 amide bonds. The predicted molar refractivity (Wildman–Crippen MR) is 99.9 cm³/mol. The van der Waals surface area contributed by atoms with Crippen LogP contribution >= 0.6 is 0 Å². The first-order chi connectivity index (χ1) is 12.8. The molecule has 11 nitrogen and oxygen atoms in total. The largest absolute Gasteiger partial charge is 0.480 e. The molecule has 8 N–H and O–H groups in total. The quantitative estimate of drug-likeness (QED) is 0.199. The van der Waals surface area contributed by atoms with Crippen LogP contribution in [-0.4, -0.2) is 75.4 Å². The molecule has 0 saturated heterocycles. The smallest absolute Gasteiger partial charge is 0.325 e. The summed E-state index contributed by atoms with van der Waals surface area (Å²) in [7, 11) is 0. The fraction of sp³-hybridized carbons (Fsp3) is 0.765. The van der Waals surface area contributed by atoms with E-state index >= 15 is 0 Å². The Hall–Kier alpha value is -2.24. The number of carboxylic acids is 1. The second-order valence-electron chi connectivity index (χ2n) is 6.93. The fourth-order valence-corrected chi connectivity index (χ4v) is 2.18. The van der Waals surface area contributed by atoms with Crippen LogP contribution in [0.25, 0.3) is 0 Å². The normalized spacial score (nSPS) is 18.6. The van der Waals surface area contributed by atoms with Crippen molar-refractivity contribution in [1.82, 2.24) is 16.0 Å². The topological polar surface area (TPSA) is 191 Å². The molecule has 7 atom stereocenters. The third kappa shape index (κ3) is 7.79. The van der Waals surface area contributed by atoms with Crippen LogP contribution in [-0.2, 0) is 19.2 Å². The van der Waals surface area contributed by atoms with Gasteiger partial charge in [0, 0.05) is 0 Å². The van der Waals surface area contributed by atoms with Crippen LogP contribution < -0.4 is 21.7 Å². The Kier molecular flexibility index (Phi) is 10.6. The Bertz CT molecular complexity index is 568. The number of carbonyl (C=O) groups is 4. The second kappa shape index (κ2) is 11.6. The van der Waals surface area contributed by atoms with Crippen LogP contribution in [0.4, 0.5) is 0 Å². The minimum absolute atomic E-state index is 0.346. The number of hydrogen-bond donors (Lipinski definition) is 7. The number of amides is 3. The summed E-state index contributed by atoms with van der Waals surface area (Å²) in [6.07, 6.45) is -1.95. The van der Waals surface area contributed by atoms with E-state index in [1.807, 2.05) is 0 Å². The zero-order valence-corrected chi connectivity index (χ0v) is 16.8. The van der Waals surface area contributed by atoms with Gasteiger partial charge in [0.25, 0.3) is 0 Å². The van der Waals surface area contributed by atoms with Gasteiger partial charge in [-0.15, -0.1) is 0 Å². The maximum atomic E-state index is 12.7. The molecule has 0 aromatic rings. The summed E-state index contributed by atoms with van der Waals surface area (Å²) in [5, 5.41) is 35.1. The minimum Gasteiger partial charge on any atom is -0.480 e. The molecule has 0 saturated carbocycles. The van der Waals surface area contributed by atoms with Gasteiger partial charge in [-0.1, -0.05) is 20.3 Å². The van der Waals surface area contributed by atoms with E-state index in [0.717, 1.165) is 0 Å². The van der Waals surface area contributed by atoms with Crippen LogP contribution in [0.2, 0.25) is 0 Å². The lowest BCUT2D eigenvalue weighted by Gasteiger charge is -2.29. The van der Waals surface area contributed by atoms with Crippen LogP contribution in [0, 0.1) is 5.92 Å². The van der Waals surface area contributed by atoms with Gasteiger partial charge in [-0.25, -0.2) is 0 Å². The first kappa shape index (κ1) is 25.8.